The second-order valence-corrected chi connectivity index (χ2v) is 8.95. The summed E-state index contributed by atoms with van der Waals surface area (Å²) in [5.41, 5.74) is 18.3. The van der Waals surface area contributed by atoms with Crippen LogP contribution in [0.3, 0.4) is 0 Å². The summed E-state index contributed by atoms with van der Waals surface area (Å²) < 4.78 is 5.53. The highest BCUT2D eigenvalue weighted by molar-refractivity contribution is 5.70. The summed E-state index contributed by atoms with van der Waals surface area (Å²) in [4.78, 5) is 22.2. The molecule has 0 saturated heterocycles. The first-order valence-electron chi connectivity index (χ1n) is 13.0. The van der Waals surface area contributed by atoms with Crippen LogP contribution in [0.25, 0.3) is 5.70 Å². The normalized spacial score (nSPS) is 18.7. The summed E-state index contributed by atoms with van der Waals surface area (Å²) in [6.45, 7) is 9.25. The van der Waals surface area contributed by atoms with Gasteiger partial charge in [-0.3, -0.25) is 4.79 Å². The van der Waals surface area contributed by atoms with Crippen LogP contribution in [0.15, 0.2) is 41.1 Å². The Bertz CT molecular complexity index is 823. The number of allylic oxidation sites excluding steroid dienone is 3. The maximum atomic E-state index is 11.8. The summed E-state index contributed by atoms with van der Waals surface area (Å²) in [5, 5.41) is 5.33. The quantitative estimate of drug-likeness (QED) is 0.271. The molecule has 0 spiro atoms. The van der Waals surface area contributed by atoms with Gasteiger partial charge in [0.1, 0.15) is 6.10 Å². The third-order valence-electron chi connectivity index (χ3n) is 6.04. The van der Waals surface area contributed by atoms with Crippen molar-refractivity contribution in [2.24, 2.45) is 11.5 Å². The summed E-state index contributed by atoms with van der Waals surface area (Å²) in [7, 11) is 0. The van der Waals surface area contributed by atoms with Gasteiger partial charge in [-0.1, -0.05) is 63.8 Å². The van der Waals surface area contributed by atoms with Crippen molar-refractivity contribution < 1.29 is 14.3 Å². The Hall–Kier alpha value is -2.96. The van der Waals surface area contributed by atoms with Crippen molar-refractivity contribution in [1.29, 1.82) is 0 Å². The number of ether oxygens (including phenoxy) is 1. The maximum absolute atomic E-state index is 11.8. The maximum Gasteiger partial charge on any atom is 0.407 e. The van der Waals surface area contributed by atoms with E-state index in [0.717, 1.165) is 52.9 Å². The van der Waals surface area contributed by atoms with Gasteiger partial charge < -0.3 is 26.8 Å². The molecule has 1 aromatic rings. The summed E-state index contributed by atoms with van der Waals surface area (Å²) in [6.07, 6.45) is 9.59. The van der Waals surface area contributed by atoms with Gasteiger partial charge in [-0.15, -0.1) is 0 Å². The fourth-order valence-corrected chi connectivity index (χ4v) is 4.08. The predicted molar refractivity (Wildman–Crippen MR) is 144 cm³/mol. The van der Waals surface area contributed by atoms with Crippen LogP contribution >= 0.6 is 0 Å². The Balaban J connectivity index is 0.000000905. The number of carbonyl (C=O) groups is 2. The van der Waals surface area contributed by atoms with Crippen molar-refractivity contribution in [3.8, 4) is 0 Å². The van der Waals surface area contributed by atoms with E-state index in [1.165, 1.54) is 25.7 Å². The van der Waals surface area contributed by atoms with Crippen molar-refractivity contribution >= 4 is 18.2 Å². The number of nitrogens with two attached hydrogens (primary N) is 2. The number of hydrogen-bond donors (Lipinski definition) is 4. The van der Waals surface area contributed by atoms with Gasteiger partial charge in [0.2, 0.25) is 6.41 Å². The predicted octanol–water partition coefficient (Wildman–Crippen LogP) is 5.50. The molecule has 1 aromatic carbocycles. The van der Waals surface area contributed by atoms with Crippen molar-refractivity contribution in [3.63, 3.8) is 0 Å². The van der Waals surface area contributed by atoms with E-state index < -0.39 is 0 Å². The van der Waals surface area contributed by atoms with E-state index in [9.17, 15) is 9.59 Å². The van der Waals surface area contributed by atoms with Gasteiger partial charge in [-0.2, -0.15) is 0 Å². The lowest BCUT2D eigenvalue weighted by molar-refractivity contribution is -0.109. The topological polar surface area (TPSA) is 119 Å². The molecule has 1 fully saturated rings. The molecule has 1 aliphatic carbocycles. The number of nitrogens with one attached hydrogen (secondary N) is 2. The minimum absolute atomic E-state index is 0.122. The minimum Gasteiger partial charge on any atom is -0.446 e. The lowest BCUT2D eigenvalue weighted by atomic mass is 9.86. The highest BCUT2D eigenvalue weighted by Crippen LogP contribution is 2.33. The molecule has 0 radical (unpaired) electrons. The molecule has 2 amide bonds. The van der Waals surface area contributed by atoms with Crippen molar-refractivity contribution in [2.45, 2.75) is 98.1 Å². The molecule has 0 aromatic heterocycles. The molecular weight excluding hydrogens is 440 g/mol. The fourth-order valence-electron chi connectivity index (χ4n) is 4.08. The van der Waals surface area contributed by atoms with Crippen molar-refractivity contribution in [3.05, 3.63) is 52.2 Å². The van der Waals surface area contributed by atoms with Crippen LogP contribution in [-0.4, -0.2) is 25.2 Å². The lowest BCUT2D eigenvalue weighted by Gasteiger charge is -2.25. The van der Waals surface area contributed by atoms with Gasteiger partial charge in [0.05, 0.1) is 0 Å². The molecule has 1 saturated carbocycles. The van der Waals surface area contributed by atoms with Gasteiger partial charge >= 0.3 is 6.09 Å². The first-order chi connectivity index (χ1) is 16.9. The average molecular weight is 487 g/mol. The second kappa shape index (κ2) is 17.5. The number of amides is 2. The molecule has 35 heavy (non-hydrogen) atoms. The number of alkyl carbamates (subject to hydrolysis) is 1. The van der Waals surface area contributed by atoms with Crippen LogP contribution < -0.4 is 22.1 Å². The molecule has 196 valence electrons. The first kappa shape index (κ1) is 30.1. The molecule has 6 N–H and O–H groups in total. The smallest absolute Gasteiger partial charge is 0.407 e. The standard InChI is InChI=1S/C22H32N4O3.C6H14/c1-3-26-22(28)29-18-5-4-6-20(19(12-11-18)15(2)23)21(24)17-9-7-16(8-10-17)13-25-14-27;1-3-5-6-4-2/h7-10,14,18H,3-6,11-13,23-24H2,1-2H3,(H,25,27)(H,26,28);3-6H2,1-2H3/b19-15-,21-20-;. The Morgan fingerprint density at radius 1 is 1.03 bits per heavy atom. The number of benzene rings is 1. The molecule has 0 bridgehead atoms. The van der Waals surface area contributed by atoms with Gasteiger partial charge in [-0.25, -0.2) is 4.79 Å². The van der Waals surface area contributed by atoms with E-state index in [1.54, 1.807) is 0 Å². The van der Waals surface area contributed by atoms with E-state index in [2.05, 4.69) is 24.5 Å². The van der Waals surface area contributed by atoms with Crippen LogP contribution in [0.5, 0.6) is 0 Å². The van der Waals surface area contributed by atoms with E-state index in [1.807, 2.05) is 38.1 Å². The molecule has 0 heterocycles. The Kier molecular flexibility index (Phi) is 15.0. The Morgan fingerprint density at radius 3 is 2.23 bits per heavy atom. The van der Waals surface area contributed by atoms with Gasteiger partial charge in [0, 0.05) is 24.5 Å². The highest BCUT2D eigenvalue weighted by atomic mass is 16.6. The summed E-state index contributed by atoms with van der Waals surface area (Å²) in [5.74, 6) is 0. The SMILES string of the molecule is CCCCCC.CCNC(=O)OC1CCCC(=C(/N)c2ccc(CNC=O)cc2)/C(=C(/C)N)CC1. The van der Waals surface area contributed by atoms with Gasteiger partial charge in [0.15, 0.2) is 0 Å². The Labute approximate surface area is 211 Å². The number of carbonyl (C=O) groups excluding carboxylic acids is 2. The van der Waals surface area contributed by atoms with E-state index in [4.69, 9.17) is 16.2 Å². The fraction of sp³-hybridized carbons (Fsp3) is 0.571. The minimum atomic E-state index is -0.368. The van der Waals surface area contributed by atoms with Crippen molar-refractivity contribution in [2.75, 3.05) is 6.54 Å². The molecular formula is C28H46N4O3. The molecule has 1 atom stereocenters. The van der Waals surface area contributed by atoms with Crippen LogP contribution in [0, 0.1) is 0 Å². The van der Waals surface area contributed by atoms with Gasteiger partial charge in [0.25, 0.3) is 0 Å². The lowest BCUT2D eigenvalue weighted by Crippen LogP contribution is -2.29. The van der Waals surface area contributed by atoms with Crippen LogP contribution in [-0.2, 0) is 16.1 Å². The van der Waals surface area contributed by atoms with Crippen LogP contribution in [0.2, 0.25) is 0 Å². The van der Waals surface area contributed by atoms with Crippen LogP contribution in [0.4, 0.5) is 4.79 Å². The molecule has 0 aliphatic heterocycles. The molecule has 2 rings (SSSR count). The number of unbranched alkanes of at least 4 members (excludes halogenated alkanes) is 3. The largest absolute Gasteiger partial charge is 0.446 e. The molecule has 7 nitrogen and oxygen atoms in total. The monoisotopic (exact) mass is 486 g/mol. The molecule has 1 aliphatic rings. The third-order valence-corrected chi connectivity index (χ3v) is 6.04. The zero-order chi connectivity index (χ0) is 26.1. The molecule has 1 unspecified atom stereocenters. The highest BCUT2D eigenvalue weighted by Gasteiger charge is 2.22. The third kappa shape index (κ3) is 11.3. The van der Waals surface area contributed by atoms with E-state index in [0.29, 0.717) is 32.3 Å². The number of hydrogen-bond acceptors (Lipinski definition) is 5. The second-order valence-electron chi connectivity index (χ2n) is 8.95. The van der Waals surface area contributed by atoms with Crippen LogP contribution in [0.1, 0.15) is 96.6 Å². The number of rotatable bonds is 9. The zero-order valence-corrected chi connectivity index (χ0v) is 22.1. The van der Waals surface area contributed by atoms with E-state index >= 15 is 0 Å². The first-order valence-corrected chi connectivity index (χ1v) is 13.0. The van der Waals surface area contributed by atoms with Crippen molar-refractivity contribution in [1.82, 2.24) is 10.6 Å². The summed E-state index contributed by atoms with van der Waals surface area (Å²) >= 11 is 0. The average Bonchev–Trinajstić information content (AvgIpc) is 2.83. The molecule has 7 heteroatoms. The summed E-state index contributed by atoms with van der Waals surface area (Å²) in [6, 6.07) is 7.84. The Morgan fingerprint density at radius 2 is 1.69 bits per heavy atom. The van der Waals surface area contributed by atoms with Gasteiger partial charge in [-0.05, 0) is 68.2 Å². The zero-order valence-electron chi connectivity index (χ0n) is 22.1. The van der Waals surface area contributed by atoms with E-state index in [-0.39, 0.29) is 12.2 Å².